The van der Waals surface area contributed by atoms with E-state index >= 15 is 0 Å². The van der Waals surface area contributed by atoms with Crippen molar-refractivity contribution in [3.63, 3.8) is 0 Å². The van der Waals surface area contributed by atoms with Crippen LogP contribution in [0.3, 0.4) is 0 Å². The Bertz CT molecular complexity index is 1050. The quantitative estimate of drug-likeness (QED) is 0.660. The number of rotatable bonds is 5. The third kappa shape index (κ3) is 3.71. The van der Waals surface area contributed by atoms with Gasteiger partial charge in [0.25, 0.3) is 0 Å². The Morgan fingerprint density at radius 2 is 1.83 bits per heavy atom. The van der Waals surface area contributed by atoms with Crippen molar-refractivity contribution in [1.82, 2.24) is 24.9 Å². The molecule has 0 atom stereocenters. The van der Waals surface area contributed by atoms with Gasteiger partial charge in [-0.15, -0.1) is 0 Å². The van der Waals surface area contributed by atoms with Crippen LogP contribution >= 0.6 is 0 Å². The smallest absolute Gasteiger partial charge is 0.219 e. The summed E-state index contributed by atoms with van der Waals surface area (Å²) in [4.78, 5) is 24.5. The first-order chi connectivity index (χ1) is 14.6. The molecule has 2 aliphatic heterocycles. The van der Waals surface area contributed by atoms with Crippen LogP contribution in [0.2, 0.25) is 0 Å². The second kappa shape index (κ2) is 7.62. The fraction of sp³-hybridized carbons (Fsp3) is 0.450. The zero-order valence-corrected chi connectivity index (χ0v) is 16.7. The largest absolute Gasteiger partial charge is 0.477 e. The molecule has 3 aromatic heterocycles. The van der Waals surface area contributed by atoms with E-state index in [4.69, 9.17) is 29.9 Å². The average Bonchev–Trinajstić information content (AvgIpc) is 2.76. The second-order valence-corrected chi connectivity index (χ2v) is 7.91. The first-order valence-corrected chi connectivity index (χ1v) is 9.90. The first-order valence-electron chi connectivity index (χ1n) is 9.90. The van der Waals surface area contributed by atoms with Gasteiger partial charge in [0.1, 0.15) is 5.52 Å². The Labute approximate surface area is 173 Å². The molecule has 3 aromatic rings. The van der Waals surface area contributed by atoms with Crippen molar-refractivity contribution in [1.29, 1.82) is 0 Å². The molecular formula is C20H23N7O3. The molecule has 10 nitrogen and oxygen atoms in total. The van der Waals surface area contributed by atoms with Gasteiger partial charge in [-0.2, -0.15) is 0 Å². The van der Waals surface area contributed by atoms with Crippen molar-refractivity contribution >= 4 is 22.8 Å². The van der Waals surface area contributed by atoms with Crippen LogP contribution in [0.5, 0.6) is 5.88 Å². The molecule has 156 valence electrons. The third-order valence-corrected chi connectivity index (χ3v) is 5.21. The molecule has 2 saturated heterocycles. The average molecular weight is 409 g/mol. The summed E-state index contributed by atoms with van der Waals surface area (Å²) in [6.45, 7) is 6.84. The minimum atomic E-state index is 0.0409. The summed E-state index contributed by atoms with van der Waals surface area (Å²) in [7, 11) is 0. The summed E-state index contributed by atoms with van der Waals surface area (Å²) in [6.07, 6.45) is 3.25. The van der Waals surface area contributed by atoms with E-state index in [2.05, 4.69) is 26.8 Å². The lowest BCUT2D eigenvalue weighted by Crippen LogP contribution is -2.44. The van der Waals surface area contributed by atoms with Gasteiger partial charge in [-0.1, -0.05) is 6.92 Å². The molecule has 2 fully saturated rings. The van der Waals surface area contributed by atoms with Crippen LogP contribution in [0.25, 0.3) is 22.4 Å². The predicted molar refractivity (Wildman–Crippen MR) is 110 cm³/mol. The molecule has 30 heavy (non-hydrogen) atoms. The van der Waals surface area contributed by atoms with Crippen molar-refractivity contribution in [2.24, 2.45) is 5.41 Å². The highest BCUT2D eigenvalue weighted by Crippen LogP contribution is 2.30. The van der Waals surface area contributed by atoms with Gasteiger partial charge in [-0.05, 0) is 6.07 Å². The Hall–Kier alpha value is -3.11. The number of ether oxygens (including phenoxy) is 3. The minimum Gasteiger partial charge on any atom is -0.477 e. The second-order valence-electron chi connectivity index (χ2n) is 7.91. The van der Waals surface area contributed by atoms with Gasteiger partial charge in [-0.3, -0.25) is 0 Å². The number of aromatic nitrogens is 5. The van der Waals surface area contributed by atoms with Crippen molar-refractivity contribution in [3.05, 3.63) is 24.5 Å². The molecule has 0 unspecified atom stereocenters. The van der Waals surface area contributed by atoms with E-state index < -0.39 is 0 Å². The molecule has 0 spiro atoms. The maximum absolute atomic E-state index is 5.97. The number of nitrogens with two attached hydrogens (primary N) is 1. The van der Waals surface area contributed by atoms with Gasteiger partial charge >= 0.3 is 0 Å². The van der Waals surface area contributed by atoms with Crippen molar-refractivity contribution in [3.8, 4) is 17.3 Å². The van der Waals surface area contributed by atoms with E-state index in [1.807, 2.05) is 12.1 Å². The molecule has 0 bridgehead atoms. The van der Waals surface area contributed by atoms with Gasteiger partial charge in [0.2, 0.25) is 11.8 Å². The molecule has 0 radical (unpaired) electrons. The van der Waals surface area contributed by atoms with Gasteiger partial charge < -0.3 is 24.8 Å². The Morgan fingerprint density at radius 3 is 2.53 bits per heavy atom. The summed E-state index contributed by atoms with van der Waals surface area (Å²) in [5.41, 5.74) is 7.77. The Kier molecular flexibility index (Phi) is 4.80. The third-order valence-electron chi connectivity index (χ3n) is 5.21. The number of hydrogen-bond donors (Lipinski definition) is 1. The van der Waals surface area contributed by atoms with Crippen molar-refractivity contribution < 1.29 is 14.2 Å². The van der Waals surface area contributed by atoms with Gasteiger partial charge in [-0.25, -0.2) is 24.9 Å². The van der Waals surface area contributed by atoms with Gasteiger partial charge in [0, 0.05) is 37.0 Å². The van der Waals surface area contributed by atoms with Gasteiger partial charge in [0.15, 0.2) is 11.6 Å². The normalized spacial score (nSPS) is 18.2. The lowest BCUT2D eigenvalue weighted by Gasteiger charge is -2.37. The van der Waals surface area contributed by atoms with Crippen LogP contribution in [0.15, 0.2) is 24.5 Å². The highest BCUT2D eigenvalue weighted by Gasteiger charge is 2.34. The molecule has 10 heteroatoms. The number of nitrogen functional groups attached to an aromatic ring is 1. The number of morpholine rings is 1. The molecule has 0 aromatic carbocycles. The Balaban J connectivity index is 1.54. The molecule has 2 aliphatic rings. The maximum atomic E-state index is 5.97. The molecular weight excluding hydrogens is 386 g/mol. The lowest BCUT2D eigenvalue weighted by molar-refractivity contribution is -0.120. The summed E-state index contributed by atoms with van der Waals surface area (Å²) in [6, 6.07) is 3.75. The predicted octanol–water partition coefficient (Wildman–Crippen LogP) is 1.32. The van der Waals surface area contributed by atoms with E-state index in [-0.39, 0.29) is 11.4 Å². The molecule has 0 amide bonds. The lowest BCUT2D eigenvalue weighted by atomic mass is 9.90. The van der Waals surface area contributed by atoms with Crippen LogP contribution in [0.1, 0.15) is 6.92 Å². The van der Waals surface area contributed by atoms with Crippen LogP contribution in [-0.4, -0.2) is 71.0 Å². The van der Waals surface area contributed by atoms with Crippen molar-refractivity contribution in [2.75, 3.05) is 56.8 Å². The first kappa shape index (κ1) is 18.9. The highest BCUT2D eigenvalue weighted by molar-refractivity contribution is 5.88. The van der Waals surface area contributed by atoms with E-state index in [1.54, 1.807) is 12.4 Å². The number of anilines is 2. The highest BCUT2D eigenvalue weighted by atomic mass is 16.5. The fourth-order valence-electron chi connectivity index (χ4n) is 3.42. The molecule has 2 N–H and O–H groups in total. The minimum absolute atomic E-state index is 0.0409. The van der Waals surface area contributed by atoms with E-state index in [9.17, 15) is 0 Å². The van der Waals surface area contributed by atoms with Crippen LogP contribution in [0.4, 0.5) is 11.8 Å². The molecule has 0 saturated carbocycles. The number of nitrogens with zero attached hydrogens (tertiary/aromatic N) is 6. The van der Waals surface area contributed by atoms with E-state index in [1.165, 1.54) is 0 Å². The van der Waals surface area contributed by atoms with E-state index in [0.717, 1.165) is 24.4 Å². The van der Waals surface area contributed by atoms with Crippen LogP contribution in [0, 0.1) is 5.41 Å². The number of pyridine rings is 1. The molecule has 0 aliphatic carbocycles. The van der Waals surface area contributed by atoms with Crippen LogP contribution in [-0.2, 0) is 9.47 Å². The zero-order valence-electron chi connectivity index (χ0n) is 16.7. The molecule has 5 rings (SSSR count). The summed E-state index contributed by atoms with van der Waals surface area (Å²) >= 11 is 0. The van der Waals surface area contributed by atoms with Gasteiger partial charge in [0.05, 0.1) is 44.1 Å². The summed E-state index contributed by atoms with van der Waals surface area (Å²) < 4.78 is 16.8. The number of fused-ring (bicyclic) bond motifs is 1. The van der Waals surface area contributed by atoms with Crippen molar-refractivity contribution in [2.45, 2.75) is 6.92 Å². The fourth-order valence-corrected chi connectivity index (χ4v) is 3.42. The van der Waals surface area contributed by atoms with Crippen LogP contribution < -0.4 is 15.4 Å². The summed E-state index contributed by atoms with van der Waals surface area (Å²) in [5.74, 6) is 2.04. The standard InChI is InChI=1S/C20H23N7O3/c1-20(10-29-11-20)12-30-15-3-2-14-16(25-15)18(27-4-6-28-7-5-27)26-17(24-14)13-8-22-19(21)23-9-13/h2-3,8-9H,4-7,10-12H2,1H3,(H2,21,22,23). The maximum Gasteiger partial charge on any atom is 0.219 e. The zero-order chi connectivity index (χ0) is 20.6. The SMILES string of the molecule is CC1(COc2ccc3nc(-c4cnc(N)nc4)nc(N4CCOCC4)c3n2)COC1. The Morgan fingerprint density at radius 1 is 1.07 bits per heavy atom. The number of hydrogen-bond acceptors (Lipinski definition) is 10. The summed E-state index contributed by atoms with van der Waals surface area (Å²) in [5, 5.41) is 0. The van der Waals surface area contributed by atoms with E-state index in [0.29, 0.717) is 55.8 Å². The molecule has 5 heterocycles. The topological polar surface area (TPSA) is 121 Å². The monoisotopic (exact) mass is 409 g/mol.